The SMILES string of the molecule is CCOc1ccc(C(O)=C2C(=O)C(=O)N(CCN(C)C)[C@H]2c2cccc(OC)c2)cc1. The number of methoxy groups -OCH3 is 1. The second kappa shape index (κ2) is 9.66. The molecule has 7 heteroatoms. The van der Waals surface area contributed by atoms with Gasteiger partial charge < -0.3 is 24.4 Å². The average molecular weight is 424 g/mol. The van der Waals surface area contributed by atoms with Crippen LogP contribution >= 0.6 is 0 Å². The van der Waals surface area contributed by atoms with E-state index < -0.39 is 17.7 Å². The lowest BCUT2D eigenvalue weighted by Crippen LogP contribution is -2.35. The second-order valence-corrected chi connectivity index (χ2v) is 7.53. The van der Waals surface area contributed by atoms with Gasteiger partial charge in [0, 0.05) is 18.7 Å². The minimum Gasteiger partial charge on any atom is -0.507 e. The van der Waals surface area contributed by atoms with Crippen LogP contribution in [0.2, 0.25) is 0 Å². The van der Waals surface area contributed by atoms with Gasteiger partial charge in [0.15, 0.2) is 0 Å². The fourth-order valence-electron chi connectivity index (χ4n) is 3.61. The van der Waals surface area contributed by atoms with E-state index in [-0.39, 0.29) is 11.3 Å². The molecule has 0 aliphatic carbocycles. The predicted molar refractivity (Wildman–Crippen MR) is 118 cm³/mol. The van der Waals surface area contributed by atoms with Gasteiger partial charge in [0.05, 0.1) is 25.3 Å². The molecule has 31 heavy (non-hydrogen) atoms. The van der Waals surface area contributed by atoms with E-state index in [1.54, 1.807) is 49.6 Å². The number of rotatable bonds is 8. The number of hydrogen-bond acceptors (Lipinski definition) is 6. The van der Waals surface area contributed by atoms with Crippen LogP contribution in [0.4, 0.5) is 0 Å². The molecule has 1 saturated heterocycles. The Morgan fingerprint density at radius 1 is 1.10 bits per heavy atom. The van der Waals surface area contributed by atoms with Crippen molar-refractivity contribution in [3.8, 4) is 11.5 Å². The molecule has 7 nitrogen and oxygen atoms in total. The third kappa shape index (κ3) is 4.72. The molecule has 1 heterocycles. The lowest BCUT2D eigenvalue weighted by atomic mass is 9.95. The molecule has 1 aliphatic heterocycles. The van der Waals surface area contributed by atoms with Crippen LogP contribution in [0.25, 0.3) is 5.76 Å². The number of benzene rings is 2. The first-order valence-corrected chi connectivity index (χ1v) is 10.2. The quantitative estimate of drug-likeness (QED) is 0.399. The van der Waals surface area contributed by atoms with Crippen LogP contribution < -0.4 is 9.47 Å². The van der Waals surface area contributed by atoms with E-state index in [0.717, 1.165) is 0 Å². The van der Waals surface area contributed by atoms with Crippen molar-refractivity contribution in [2.24, 2.45) is 0 Å². The summed E-state index contributed by atoms with van der Waals surface area (Å²) in [6.07, 6.45) is 0. The van der Waals surface area contributed by atoms with Crippen molar-refractivity contribution < 1.29 is 24.2 Å². The largest absolute Gasteiger partial charge is 0.507 e. The molecule has 1 amide bonds. The highest BCUT2D eigenvalue weighted by atomic mass is 16.5. The van der Waals surface area contributed by atoms with Crippen LogP contribution in [0, 0.1) is 0 Å². The third-order valence-electron chi connectivity index (χ3n) is 5.18. The van der Waals surface area contributed by atoms with E-state index in [1.165, 1.54) is 4.90 Å². The van der Waals surface area contributed by atoms with Crippen molar-refractivity contribution >= 4 is 17.4 Å². The van der Waals surface area contributed by atoms with Crippen molar-refractivity contribution in [3.63, 3.8) is 0 Å². The number of ketones is 1. The molecular weight excluding hydrogens is 396 g/mol. The van der Waals surface area contributed by atoms with Gasteiger partial charge in [-0.1, -0.05) is 12.1 Å². The zero-order valence-corrected chi connectivity index (χ0v) is 18.3. The van der Waals surface area contributed by atoms with Crippen LogP contribution in [0.5, 0.6) is 11.5 Å². The van der Waals surface area contributed by atoms with E-state index in [2.05, 4.69) is 0 Å². The van der Waals surface area contributed by atoms with Gasteiger partial charge in [-0.25, -0.2) is 0 Å². The van der Waals surface area contributed by atoms with E-state index in [1.807, 2.05) is 32.0 Å². The van der Waals surface area contributed by atoms with Gasteiger partial charge in [0.2, 0.25) is 0 Å². The molecule has 0 bridgehead atoms. The summed E-state index contributed by atoms with van der Waals surface area (Å²) >= 11 is 0. The average Bonchev–Trinajstić information content (AvgIpc) is 3.02. The Bertz CT molecular complexity index is 982. The van der Waals surface area contributed by atoms with Gasteiger partial charge >= 0.3 is 0 Å². The highest BCUT2D eigenvalue weighted by molar-refractivity contribution is 6.46. The minimum absolute atomic E-state index is 0.0705. The van der Waals surface area contributed by atoms with Crippen LogP contribution in [-0.2, 0) is 9.59 Å². The van der Waals surface area contributed by atoms with E-state index in [9.17, 15) is 14.7 Å². The monoisotopic (exact) mass is 424 g/mol. The molecule has 164 valence electrons. The highest BCUT2D eigenvalue weighted by Crippen LogP contribution is 2.40. The number of likely N-dealkylation sites (tertiary alicyclic amines) is 1. The van der Waals surface area contributed by atoms with Gasteiger partial charge in [-0.15, -0.1) is 0 Å². The maximum absolute atomic E-state index is 13.0. The van der Waals surface area contributed by atoms with Gasteiger partial charge in [-0.05, 0) is 63.0 Å². The molecule has 3 rings (SSSR count). The fraction of sp³-hybridized carbons (Fsp3) is 0.333. The summed E-state index contributed by atoms with van der Waals surface area (Å²) in [4.78, 5) is 29.4. The van der Waals surface area contributed by atoms with Crippen molar-refractivity contribution in [1.29, 1.82) is 0 Å². The van der Waals surface area contributed by atoms with Gasteiger partial charge in [-0.2, -0.15) is 0 Å². The molecule has 2 aromatic rings. The zero-order valence-electron chi connectivity index (χ0n) is 18.3. The summed E-state index contributed by atoms with van der Waals surface area (Å²) < 4.78 is 10.8. The van der Waals surface area contributed by atoms with Crippen LogP contribution in [0.3, 0.4) is 0 Å². The van der Waals surface area contributed by atoms with E-state index in [4.69, 9.17) is 9.47 Å². The fourth-order valence-corrected chi connectivity index (χ4v) is 3.61. The normalized spacial score (nSPS) is 18.0. The smallest absolute Gasteiger partial charge is 0.295 e. The van der Waals surface area contributed by atoms with E-state index >= 15 is 0 Å². The molecule has 1 fully saturated rings. The zero-order chi connectivity index (χ0) is 22.5. The van der Waals surface area contributed by atoms with Gasteiger partial charge in [0.25, 0.3) is 11.7 Å². The number of carbonyl (C=O) groups is 2. The molecule has 1 aliphatic rings. The summed E-state index contributed by atoms with van der Waals surface area (Å²) in [5, 5.41) is 11.1. The number of hydrogen-bond donors (Lipinski definition) is 1. The lowest BCUT2D eigenvalue weighted by Gasteiger charge is -2.26. The topological polar surface area (TPSA) is 79.3 Å². The molecule has 0 saturated carbocycles. The first kappa shape index (κ1) is 22.4. The summed E-state index contributed by atoms with van der Waals surface area (Å²) in [6, 6.07) is 13.3. The van der Waals surface area contributed by atoms with Crippen molar-refractivity contribution in [1.82, 2.24) is 9.80 Å². The highest BCUT2D eigenvalue weighted by Gasteiger charge is 2.46. The second-order valence-electron chi connectivity index (χ2n) is 7.53. The Hall–Kier alpha value is -3.32. The van der Waals surface area contributed by atoms with Crippen molar-refractivity contribution in [3.05, 3.63) is 65.2 Å². The minimum atomic E-state index is -0.707. The number of amides is 1. The number of aliphatic hydroxyl groups excluding tert-OH is 1. The Balaban J connectivity index is 2.11. The third-order valence-corrected chi connectivity index (χ3v) is 5.18. The van der Waals surface area contributed by atoms with Crippen LogP contribution in [0.1, 0.15) is 24.1 Å². The molecule has 1 N–H and O–H groups in total. The Kier molecular flexibility index (Phi) is 6.97. The van der Waals surface area contributed by atoms with Gasteiger partial charge in [0.1, 0.15) is 17.3 Å². The summed E-state index contributed by atoms with van der Waals surface area (Å²) in [6.45, 7) is 3.34. The van der Waals surface area contributed by atoms with E-state index in [0.29, 0.717) is 42.3 Å². The number of likely N-dealkylation sites (N-methyl/N-ethyl adjacent to an activating group) is 1. The number of carbonyl (C=O) groups excluding carboxylic acids is 2. The maximum atomic E-state index is 13.0. The first-order chi connectivity index (χ1) is 14.9. The molecular formula is C24H28N2O5. The Morgan fingerprint density at radius 3 is 2.42 bits per heavy atom. The van der Waals surface area contributed by atoms with Gasteiger partial charge in [-0.3, -0.25) is 9.59 Å². The molecule has 0 spiro atoms. The Morgan fingerprint density at radius 2 is 1.81 bits per heavy atom. The summed E-state index contributed by atoms with van der Waals surface area (Å²) in [5.41, 5.74) is 1.22. The maximum Gasteiger partial charge on any atom is 0.295 e. The van der Waals surface area contributed by atoms with Crippen LogP contribution in [0.15, 0.2) is 54.1 Å². The standard InChI is InChI=1S/C24H28N2O5/c1-5-31-18-11-9-16(10-12-18)22(27)20-21(17-7-6-8-19(15-17)30-4)26(14-13-25(2)3)24(29)23(20)28/h6-12,15,21,27H,5,13-14H2,1-4H3/t21-/m0/s1. The van der Waals surface area contributed by atoms with Crippen molar-refractivity contribution in [2.75, 3.05) is 40.9 Å². The van der Waals surface area contributed by atoms with Crippen LogP contribution in [-0.4, -0.2) is 67.5 Å². The molecule has 0 aromatic heterocycles. The Labute approximate surface area is 182 Å². The van der Waals surface area contributed by atoms with Crippen molar-refractivity contribution in [2.45, 2.75) is 13.0 Å². The first-order valence-electron chi connectivity index (χ1n) is 10.2. The number of ether oxygens (including phenoxy) is 2. The lowest BCUT2D eigenvalue weighted by molar-refractivity contribution is -0.140. The number of nitrogens with zero attached hydrogens (tertiary/aromatic N) is 2. The summed E-state index contributed by atoms with van der Waals surface area (Å²) in [7, 11) is 5.36. The molecule has 2 aromatic carbocycles. The molecule has 1 atom stereocenters. The summed E-state index contributed by atoms with van der Waals surface area (Å²) in [5.74, 6) is -0.256. The predicted octanol–water partition coefficient (Wildman–Crippen LogP) is 3.08. The molecule has 0 radical (unpaired) electrons. The number of aliphatic hydroxyl groups is 1. The number of Topliss-reactive ketones (excluding diaryl/α,β-unsaturated/α-hetero) is 1. The molecule has 0 unspecified atom stereocenters.